The van der Waals surface area contributed by atoms with E-state index in [9.17, 15) is 13.2 Å². The van der Waals surface area contributed by atoms with Gasteiger partial charge in [0.05, 0.1) is 6.61 Å². The molecule has 0 spiro atoms. The van der Waals surface area contributed by atoms with Crippen LogP contribution < -0.4 is 4.74 Å². The lowest BCUT2D eigenvalue weighted by Crippen LogP contribution is -2.33. The third-order valence-corrected chi connectivity index (χ3v) is 7.78. The molecule has 3 nitrogen and oxygen atoms in total. The molecule has 3 atom stereocenters. The molecule has 3 rings (SSSR count). The molecule has 0 saturated carbocycles. The maximum Gasteiger partial charge on any atom is 0.266 e. The van der Waals surface area contributed by atoms with Crippen molar-refractivity contribution in [2.45, 2.75) is 111 Å². The van der Waals surface area contributed by atoms with Crippen molar-refractivity contribution in [2.24, 2.45) is 16.8 Å². The quantitative estimate of drug-likeness (QED) is 0.176. The van der Waals surface area contributed by atoms with Crippen molar-refractivity contribution in [3.63, 3.8) is 0 Å². The van der Waals surface area contributed by atoms with Gasteiger partial charge < -0.3 is 9.64 Å². The summed E-state index contributed by atoms with van der Waals surface area (Å²) in [5.41, 5.74) is 1.82. The number of hydrogen-bond donors (Lipinski definition) is 0. The highest BCUT2D eigenvalue weighted by atomic mass is 19.2. The van der Waals surface area contributed by atoms with E-state index in [2.05, 4.69) is 25.8 Å². The average molecular weight is 507 g/mol. The van der Waals surface area contributed by atoms with Crippen LogP contribution in [0.25, 0.3) is 0 Å². The van der Waals surface area contributed by atoms with E-state index in [0.717, 1.165) is 50.5 Å². The van der Waals surface area contributed by atoms with Crippen molar-refractivity contribution in [1.29, 1.82) is 0 Å². The van der Waals surface area contributed by atoms with Crippen LogP contribution in [0, 0.1) is 23.5 Å². The number of ether oxygens (including phenoxy) is 1. The Hall–Kier alpha value is -1.98. The lowest BCUT2D eigenvalue weighted by Gasteiger charge is -2.31. The standard InChI is InChI=1S/C30H45F3N2O/c1-4-6-7-8-9-12-19-36-27-21-23-14-15-24(20-25(23)28(31)29(27)32)26-16-18-35(30(33)34-26)17-11-10-13-22(3)5-2/h16,18,21-22,24,30H,4-15,17,19-20H2,1-3H3. The Morgan fingerprint density at radius 3 is 2.58 bits per heavy atom. The van der Waals surface area contributed by atoms with Crippen LogP contribution in [0.1, 0.15) is 103 Å². The summed E-state index contributed by atoms with van der Waals surface area (Å²) in [6.45, 7) is 7.66. The molecule has 0 saturated heterocycles. The molecule has 1 aliphatic carbocycles. The van der Waals surface area contributed by atoms with Gasteiger partial charge in [-0.3, -0.25) is 0 Å². The fourth-order valence-electron chi connectivity index (χ4n) is 5.13. The molecular formula is C30H45F3N2O. The summed E-state index contributed by atoms with van der Waals surface area (Å²) in [7, 11) is 0. The van der Waals surface area contributed by atoms with Crippen LogP contribution in [0.2, 0.25) is 0 Å². The Labute approximate surface area is 216 Å². The van der Waals surface area contributed by atoms with Crippen LogP contribution in [0.5, 0.6) is 5.75 Å². The fraction of sp³-hybridized carbons (Fsp3) is 0.700. The summed E-state index contributed by atoms with van der Waals surface area (Å²) in [5, 5.41) is 0. The van der Waals surface area contributed by atoms with Gasteiger partial charge in [0, 0.05) is 24.4 Å². The van der Waals surface area contributed by atoms with Crippen molar-refractivity contribution in [3.8, 4) is 5.75 Å². The van der Waals surface area contributed by atoms with E-state index in [1.165, 1.54) is 25.7 Å². The summed E-state index contributed by atoms with van der Waals surface area (Å²) < 4.78 is 50.1. The van der Waals surface area contributed by atoms with Gasteiger partial charge in [0.2, 0.25) is 5.82 Å². The summed E-state index contributed by atoms with van der Waals surface area (Å²) in [5.74, 6) is -1.12. The number of aliphatic imine (C=N–C) groups is 1. The van der Waals surface area contributed by atoms with Crippen molar-refractivity contribution in [3.05, 3.63) is 41.1 Å². The predicted molar refractivity (Wildman–Crippen MR) is 142 cm³/mol. The number of unbranched alkanes of at least 4 members (excludes halogenated alkanes) is 6. The van der Waals surface area contributed by atoms with Gasteiger partial charge in [0.15, 0.2) is 11.6 Å². The Balaban J connectivity index is 1.52. The minimum atomic E-state index is -1.41. The van der Waals surface area contributed by atoms with Crippen LogP contribution in [-0.4, -0.2) is 30.2 Å². The van der Waals surface area contributed by atoms with Crippen LogP contribution >= 0.6 is 0 Å². The summed E-state index contributed by atoms with van der Waals surface area (Å²) in [4.78, 5) is 5.91. The lowest BCUT2D eigenvalue weighted by atomic mass is 9.80. The highest BCUT2D eigenvalue weighted by molar-refractivity contribution is 5.97. The molecule has 0 aromatic heterocycles. The van der Waals surface area contributed by atoms with E-state index in [0.29, 0.717) is 43.2 Å². The number of aryl methyl sites for hydroxylation is 1. The molecular weight excluding hydrogens is 461 g/mol. The minimum Gasteiger partial charge on any atom is -0.490 e. The normalized spacial score (nSPS) is 20.3. The number of benzene rings is 1. The number of alkyl halides is 1. The largest absolute Gasteiger partial charge is 0.490 e. The molecule has 0 fully saturated rings. The van der Waals surface area contributed by atoms with Crippen LogP contribution in [0.3, 0.4) is 0 Å². The molecule has 0 amide bonds. The zero-order valence-corrected chi connectivity index (χ0v) is 22.5. The van der Waals surface area contributed by atoms with Gasteiger partial charge in [0.1, 0.15) is 0 Å². The molecule has 1 aromatic carbocycles. The third kappa shape index (κ3) is 8.01. The Kier molecular flexibility index (Phi) is 11.7. The summed E-state index contributed by atoms with van der Waals surface area (Å²) >= 11 is 0. The molecule has 1 aliphatic heterocycles. The fourth-order valence-corrected chi connectivity index (χ4v) is 5.13. The number of halogens is 3. The molecule has 0 radical (unpaired) electrons. The molecule has 2 aliphatic rings. The van der Waals surface area contributed by atoms with Gasteiger partial charge in [-0.1, -0.05) is 72.1 Å². The van der Waals surface area contributed by atoms with Gasteiger partial charge in [-0.25, -0.2) is 9.38 Å². The topological polar surface area (TPSA) is 24.8 Å². The van der Waals surface area contributed by atoms with Gasteiger partial charge in [-0.2, -0.15) is 8.78 Å². The van der Waals surface area contributed by atoms with Crippen LogP contribution in [-0.2, 0) is 12.8 Å². The first-order valence-corrected chi connectivity index (χ1v) is 14.2. The van der Waals surface area contributed by atoms with Crippen LogP contribution in [0.4, 0.5) is 13.2 Å². The first-order chi connectivity index (χ1) is 17.4. The molecule has 1 heterocycles. The third-order valence-electron chi connectivity index (χ3n) is 7.78. The minimum absolute atomic E-state index is 0.0148. The van der Waals surface area contributed by atoms with Crippen molar-refractivity contribution < 1.29 is 17.9 Å². The van der Waals surface area contributed by atoms with Gasteiger partial charge in [-0.15, -0.1) is 0 Å². The SMILES string of the molecule is CCCCCCCCOc1cc2c(c(F)c1F)CC(C1=NC(F)N(CCCCC(C)CC)C=C1)CC2. The zero-order valence-electron chi connectivity index (χ0n) is 22.5. The average Bonchev–Trinajstić information content (AvgIpc) is 2.89. The second kappa shape index (κ2) is 14.7. The maximum atomic E-state index is 15.0. The van der Waals surface area contributed by atoms with E-state index in [-0.39, 0.29) is 11.7 Å². The van der Waals surface area contributed by atoms with Crippen molar-refractivity contribution in [2.75, 3.05) is 13.2 Å². The van der Waals surface area contributed by atoms with E-state index >= 15 is 0 Å². The molecule has 0 N–H and O–H groups in total. The Bertz CT molecular complexity index is 885. The van der Waals surface area contributed by atoms with Crippen molar-refractivity contribution >= 4 is 5.71 Å². The molecule has 36 heavy (non-hydrogen) atoms. The molecule has 3 unspecified atom stereocenters. The Morgan fingerprint density at radius 1 is 1.06 bits per heavy atom. The molecule has 202 valence electrons. The lowest BCUT2D eigenvalue weighted by molar-refractivity contribution is 0.134. The highest BCUT2D eigenvalue weighted by Gasteiger charge is 2.30. The summed E-state index contributed by atoms with van der Waals surface area (Å²) in [6.07, 6.45) is 14.9. The number of rotatable bonds is 15. The predicted octanol–water partition coefficient (Wildman–Crippen LogP) is 8.55. The zero-order chi connectivity index (χ0) is 25.9. The van der Waals surface area contributed by atoms with E-state index < -0.39 is 18.1 Å². The molecule has 6 heteroatoms. The second-order valence-corrected chi connectivity index (χ2v) is 10.6. The van der Waals surface area contributed by atoms with Gasteiger partial charge in [0.25, 0.3) is 6.42 Å². The van der Waals surface area contributed by atoms with E-state index in [1.807, 2.05) is 6.08 Å². The maximum absolute atomic E-state index is 15.0. The van der Waals surface area contributed by atoms with Gasteiger partial charge in [-0.05, 0) is 61.3 Å². The number of fused-ring (bicyclic) bond motifs is 1. The molecule has 0 bridgehead atoms. The van der Waals surface area contributed by atoms with Crippen molar-refractivity contribution in [1.82, 2.24) is 4.90 Å². The highest BCUT2D eigenvalue weighted by Crippen LogP contribution is 2.35. The molecule has 1 aromatic rings. The second-order valence-electron chi connectivity index (χ2n) is 10.6. The summed E-state index contributed by atoms with van der Waals surface area (Å²) in [6, 6.07) is 1.67. The van der Waals surface area contributed by atoms with Crippen LogP contribution in [0.15, 0.2) is 23.3 Å². The van der Waals surface area contributed by atoms with E-state index in [4.69, 9.17) is 4.74 Å². The first-order valence-electron chi connectivity index (χ1n) is 14.2. The number of nitrogens with zero attached hydrogens (tertiary/aromatic N) is 2. The monoisotopic (exact) mass is 506 g/mol. The number of allylic oxidation sites excluding steroid dienone is 1. The number of hydrogen-bond acceptors (Lipinski definition) is 3. The van der Waals surface area contributed by atoms with E-state index in [1.54, 1.807) is 17.2 Å². The van der Waals surface area contributed by atoms with Gasteiger partial charge >= 0.3 is 0 Å². The first kappa shape index (κ1) is 28.6. The smallest absolute Gasteiger partial charge is 0.266 e. The Morgan fingerprint density at radius 2 is 1.83 bits per heavy atom.